The first-order valence-electron chi connectivity index (χ1n) is 22.9. The van der Waals surface area contributed by atoms with E-state index in [1.54, 1.807) is 0 Å². The molecule has 0 bridgehead atoms. The molecule has 11 rings (SSSR count). The van der Waals surface area contributed by atoms with Crippen molar-refractivity contribution in [3.63, 3.8) is 0 Å². The van der Waals surface area contributed by atoms with Crippen LogP contribution in [0.15, 0.2) is 255 Å². The van der Waals surface area contributed by atoms with E-state index in [1.807, 2.05) is 83.8 Å². The average molecular weight is 795 g/mol. The van der Waals surface area contributed by atoms with E-state index in [1.165, 1.54) is 10.8 Å². The lowest BCUT2D eigenvalue weighted by atomic mass is 9.95. The van der Waals surface area contributed by atoms with Crippen molar-refractivity contribution in [3.8, 4) is 61.3 Å². The second kappa shape index (κ2) is 16.1. The number of hydrogen-bond donors (Lipinski definition) is 0. The van der Waals surface area contributed by atoms with Crippen LogP contribution >= 0.6 is 0 Å². The third-order valence-corrected chi connectivity index (χ3v) is 11.7. The summed E-state index contributed by atoms with van der Waals surface area (Å²) in [5.74, 6) is 0. The summed E-state index contributed by atoms with van der Waals surface area (Å²) in [6.45, 7) is 0. The summed E-state index contributed by atoms with van der Waals surface area (Å²) >= 11 is 0. The normalized spacial score (nSPS) is 12.1. The molecule has 62 heavy (non-hydrogen) atoms. The molecule has 0 aliphatic carbocycles. The fourth-order valence-electron chi connectivity index (χ4n) is 8.67. The van der Waals surface area contributed by atoms with E-state index in [0.717, 1.165) is 61.2 Å². The van der Waals surface area contributed by atoms with Gasteiger partial charge in [0.15, 0.2) is 0 Å². The summed E-state index contributed by atoms with van der Waals surface area (Å²) in [6, 6.07) is 78.1. The number of benzene rings is 10. The molecule has 10 aromatic carbocycles. The van der Waals surface area contributed by atoms with E-state index in [2.05, 4.69) is 156 Å². The fourth-order valence-corrected chi connectivity index (χ4v) is 8.67. The highest BCUT2D eigenvalue weighted by molar-refractivity contribution is 6.15. The number of para-hydroxylation sites is 2. The zero-order valence-corrected chi connectivity index (χ0v) is 33.8. The van der Waals surface area contributed by atoms with Crippen LogP contribution in [0.5, 0.6) is 0 Å². The first-order valence-corrected chi connectivity index (χ1v) is 20.9. The summed E-state index contributed by atoms with van der Waals surface area (Å²) in [6.07, 6.45) is 0. The van der Waals surface area contributed by atoms with Gasteiger partial charge in [-0.25, -0.2) is 0 Å². The zero-order chi connectivity index (χ0) is 44.7. The molecule has 0 N–H and O–H groups in total. The molecule has 0 saturated heterocycles. The van der Waals surface area contributed by atoms with Gasteiger partial charge in [0.25, 0.3) is 0 Å². The monoisotopic (exact) mass is 794 g/mol. The van der Waals surface area contributed by atoms with Crippen LogP contribution < -0.4 is 4.90 Å². The van der Waals surface area contributed by atoms with Crippen LogP contribution in [0.2, 0.25) is 0 Å². The molecule has 0 radical (unpaired) electrons. The van der Waals surface area contributed by atoms with Gasteiger partial charge in [0.1, 0.15) is 0 Å². The molecule has 2 heteroatoms. The molecule has 0 amide bonds. The predicted molar refractivity (Wildman–Crippen MR) is 263 cm³/mol. The van der Waals surface area contributed by atoms with Crippen molar-refractivity contribution in [2.75, 3.05) is 4.90 Å². The van der Waals surface area contributed by atoms with Crippen molar-refractivity contribution in [1.82, 2.24) is 4.57 Å². The number of nitrogens with zero attached hydrogens (tertiary/aromatic N) is 2. The van der Waals surface area contributed by atoms with Gasteiger partial charge in [-0.05, 0) is 122 Å². The van der Waals surface area contributed by atoms with E-state index < -0.39 is 0 Å². The van der Waals surface area contributed by atoms with E-state index in [4.69, 9.17) is 0 Å². The second-order valence-corrected chi connectivity index (χ2v) is 15.4. The van der Waals surface area contributed by atoms with Crippen LogP contribution in [0.25, 0.3) is 83.1 Å². The number of aromatic nitrogens is 1. The van der Waals surface area contributed by atoms with Gasteiger partial charge >= 0.3 is 0 Å². The molecule has 0 unspecified atom stereocenters. The van der Waals surface area contributed by atoms with Crippen molar-refractivity contribution in [2.24, 2.45) is 0 Å². The zero-order valence-electron chi connectivity index (χ0n) is 37.8. The summed E-state index contributed by atoms with van der Waals surface area (Å²) in [5, 5.41) is 2.37. The molecule has 11 aromatic rings. The minimum Gasteiger partial charge on any atom is -0.310 e. The highest BCUT2D eigenvalue weighted by Gasteiger charge is 2.18. The number of fused-ring (bicyclic) bond motifs is 3. The Morgan fingerprint density at radius 1 is 0.306 bits per heavy atom. The highest BCUT2D eigenvalue weighted by Crippen LogP contribution is 2.41. The van der Waals surface area contributed by atoms with Gasteiger partial charge in [-0.15, -0.1) is 0 Å². The Morgan fingerprint density at radius 2 is 0.790 bits per heavy atom. The first kappa shape index (κ1) is 32.6. The van der Waals surface area contributed by atoms with E-state index in [9.17, 15) is 5.48 Å². The number of rotatable bonds is 9. The maximum absolute atomic E-state index is 9.51. The number of anilines is 3. The maximum Gasteiger partial charge on any atom is 0.0645 e. The Morgan fingerprint density at radius 3 is 1.47 bits per heavy atom. The summed E-state index contributed by atoms with van der Waals surface area (Å²) in [7, 11) is 0. The third-order valence-electron chi connectivity index (χ3n) is 11.7. The first-order chi connectivity index (χ1) is 32.4. The van der Waals surface area contributed by atoms with E-state index in [0.29, 0.717) is 16.9 Å². The van der Waals surface area contributed by atoms with E-state index >= 15 is 0 Å². The maximum atomic E-state index is 9.51. The van der Waals surface area contributed by atoms with Gasteiger partial charge < -0.3 is 9.47 Å². The minimum atomic E-state index is -0.120. The Labute approximate surface area is 368 Å². The van der Waals surface area contributed by atoms with Gasteiger partial charge in [-0.3, -0.25) is 0 Å². The van der Waals surface area contributed by atoms with Gasteiger partial charge in [0, 0.05) is 33.5 Å². The molecule has 292 valence electrons. The molecule has 0 aliphatic rings. The molecule has 2 nitrogen and oxygen atoms in total. The number of hydrogen-bond acceptors (Lipinski definition) is 1. The third kappa shape index (κ3) is 6.94. The Kier molecular flexibility index (Phi) is 8.47. The Bertz CT molecular complexity index is 3520. The van der Waals surface area contributed by atoms with Gasteiger partial charge in [0.05, 0.1) is 16.5 Å². The largest absolute Gasteiger partial charge is 0.310 e. The Balaban J connectivity index is 1.03. The van der Waals surface area contributed by atoms with Crippen LogP contribution in [-0.4, -0.2) is 4.57 Å². The summed E-state index contributed by atoms with van der Waals surface area (Å²) in [5.41, 5.74) is 14.5. The van der Waals surface area contributed by atoms with Crippen LogP contribution in [0.4, 0.5) is 17.1 Å². The van der Waals surface area contributed by atoms with E-state index in [-0.39, 0.29) is 35.4 Å². The molecule has 0 atom stereocenters. The smallest absolute Gasteiger partial charge is 0.0645 e. The van der Waals surface area contributed by atoms with Gasteiger partial charge in [0.2, 0.25) is 0 Å². The average Bonchev–Trinajstić information content (AvgIpc) is 3.73. The quantitative estimate of drug-likeness (QED) is 0.141. The Hall–Kier alpha value is -8.20. The molecular weight excluding hydrogens is 749 g/mol. The van der Waals surface area contributed by atoms with Gasteiger partial charge in [-0.2, -0.15) is 0 Å². The topological polar surface area (TPSA) is 8.17 Å². The molecule has 1 aromatic heterocycles. The lowest BCUT2D eigenvalue weighted by Gasteiger charge is -2.26. The van der Waals surface area contributed by atoms with Crippen LogP contribution in [0.3, 0.4) is 0 Å². The lowest BCUT2D eigenvalue weighted by Crippen LogP contribution is -2.10. The van der Waals surface area contributed by atoms with Crippen molar-refractivity contribution in [1.29, 1.82) is 0 Å². The van der Waals surface area contributed by atoms with Crippen molar-refractivity contribution in [2.45, 2.75) is 0 Å². The molecule has 0 saturated carbocycles. The fraction of sp³-hybridized carbons (Fsp3) is 0. The molecule has 0 fully saturated rings. The van der Waals surface area contributed by atoms with Crippen LogP contribution in [-0.2, 0) is 0 Å². The molecule has 0 aliphatic heterocycles. The standard InChI is InChI=1S/C60H42N2/c1-4-15-43(16-5-1)45-29-31-46(32-30-45)48-35-39-54(40-36-48)61(53-37-33-47(34-38-53)44-17-6-2-7-18-44)55-24-13-20-50(42-55)49-19-12-21-51(41-49)56-26-14-28-59-60(56)57-25-10-11-27-58(57)62(59)52-22-8-3-9-23-52/h1-42H/i33D,34D,37D,38D. The lowest BCUT2D eigenvalue weighted by molar-refractivity contribution is 1.18. The molecule has 1 heterocycles. The second-order valence-electron chi connectivity index (χ2n) is 15.4. The summed E-state index contributed by atoms with van der Waals surface area (Å²) in [4.78, 5) is 1.87. The summed E-state index contributed by atoms with van der Waals surface area (Å²) < 4.78 is 39.9. The molecular formula is C60H42N2. The SMILES string of the molecule is [2H]c1c([2H])c(N(c2ccc(-c3ccc(-c4ccccc4)cc3)cc2)c2cccc(-c3cccc(-c4cccc5c4c4ccccc4n5-c4ccccc4)c3)c2)c([2H])c([2H])c1-c1ccccc1. The predicted octanol–water partition coefficient (Wildman–Crippen LogP) is 16.6. The highest BCUT2D eigenvalue weighted by atomic mass is 15.1. The van der Waals surface area contributed by atoms with Gasteiger partial charge in [-0.1, -0.05) is 188 Å². The molecule has 0 spiro atoms. The minimum absolute atomic E-state index is 0.0935. The van der Waals surface area contributed by atoms with Crippen molar-refractivity contribution < 1.29 is 5.48 Å². The van der Waals surface area contributed by atoms with Crippen molar-refractivity contribution >= 4 is 38.9 Å². The van der Waals surface area contributed by atoms with Crippen LogP contribution in [0, 0.1) is 0 Å². The van der Waals surface area contributed by atoms with Crippen LogP contribution in [0.1, 0.15) is 5.48 Å². The van der Waals surface area contributed by atoms with Crippen molar-refractivity contribution in [3.05, 3.63) is 255 Å².